The third-order valence-corrected chi connectivity index (χ3v) is 17.9. The van der Waals surface area contributed by atoms with Crippen LogP contribution in [-0.2, 0) is 23.7 Å². The predicted molar refractivity (Wildman–Crippen MR) is 197 cm³/mol. The van der Waals surface area contributed by atoms with Crippen LogP contribution in [-0.4, -0.2) is 140 Å². The van der Waals surface area contributed by atoms with Gasteiger partial charge in [0.1, 0.15) is 42.7 Å². The minimum absolute atomic E-state index is 0.0414. The lowest BCUT2D eigenvalue weighted by Gasteiger charge is -2.73. The molecule has 8 rings (SSSR count). The third-order valence-electron chi connectivity index (χ3n) is 17.9. The summed E-state index contributed by atoms with van der Waals surface area (Å²) in [6.07, 6.45) is -3.39. The van der Waals surface area contributed by atoms with E-state index in [0.717, 1.165) is 38.5 Å². The summed E-state index contributed by atoms with van der Waals surface area (Å²) < 4.78 is 31.2. The fraction of sp³-hybridized carbons (Fsp3) is 0.952. The van der Waals surface area contributed by atoms with E-state index in [-0.39, 0.29) is 51.4 Å². The van der Waals surface area contributed by atoms with Crippen molar-refractivity contribution < 1.29 is 64.5 Å². The van der Waals surface area contributed by atoms with E-state index in [2.05, 4.69) is 53.7 Å². The number of fused-ring (bicyclic) bond motifs is 4. The summed E-state index contributed by atoms with van der Waals surface area (Å²) in [5, 5.41) is 87.0. The van der Waals surface area contributed by atoms with Crippen LogP contribution in [0, 0.1) is 50.2 Å². The van der Waals surface area contributed by atoms with Crippen molar-refractivity contribution in [3.8, 4) is 0 Å². The van der Waals surface area contributed by atoms with Gasteiger partial charge in [0, 0.05) is 22.2 Å². The van der Waals surface area contributed by atoms with E-state index in [1.54, 1.807) is 6.92 Å². The molecule has 1 spiro atoms. The second-order valence-electron chi connectivity index (χ2n) is 21.0. The Morgan fingerprint density at radius 3 is 2.13 bits per heavy atom. The fourth-order valence-electron chi connectivity index (χ4n) is 14.3. The Balaban J connectivity index is 1.05. The van der Waals surface area contributed by atoms with Crippen LogP contribution in [0.2, 0.25) is 0 Å². The number of aliphatic hydroxyl groups is 8. The lowest BCUT2D eigenvalue weighted by Crippen LogP contribution is -2.72. The largest absolute Gasteiger partial charge is 0.396 e. The van der Waals surface area contributed by atoms with Crippen LogP contribution in [0.15, 0.2) is 12.2 Å². The first kappa shape index (κ1) is 41.0. The Morgan fingerprint density at radius 1 is 0.727 bits per heavy atom. The normalized spacial score (nSPS) is 59.7. The van der Waals surface area contributed by atoms with Gasteiger partial charge in [-0.1, -0.05) is 53.7 Å². The lowest BCUT2D eigenvalue weighted by atomic mass is 9.32. The number of rotatable bonds is 6. The summed E-state index contributed by atoms with van der Waals surface area (Å²) in [6.45, 7) is 15.4. The molecule has 13 nitrogen and oxygen atoms in total. The number of allylic oxidation sites excluding steroid dienone is 1. The maximum Gasteiger partial charge on any atom is 0.187 e. The van der Waals surface area contributed by atoms with Gasteiger partial charge in [0.25, 0.3) is 0 Å². The van der Waals surface area contributed by atoms with E-state index in [0.29, 0.717) is 19.4 Å². The highest BCUT2D eigenvalue weighted by molar-refractivity contribution is 5.36. The molecule has 0 aromatic carbocycles. The average molecular weight is 781 g/mol. The molecule has 8 N–H and O–H groups in total. The minimum Gasteiger partial charge on any atom is -0.396 e. The summed E-state index contributed by atoms with van der Waals surface area (Å²) in [6, 6.07) is 0. The van der Waals surface area contributed by atoms with Gasteiger partial charge < -0.3 is 64.5 Å². The van der Waals surface area contributed by atoms with Crippen molar-refractivity contribution in [2.45, 2.75) is 179 Å². The van der Waals surface area contributed by atoms with Crippen LogP contribution >= 0.6 is 0 Å². The van der Waals surface area contributed by atoms with Gasteiger partial charge in [-0.2, -0.15) is 0 Å². The first-order valence-corrected chi connectivity index (χ1v) is 20.9. The number of ether oxygens (including phenoxy) is 5. The van der Waals surface area contributed by atoms with E-state index in [9.17, 15) is 40.9 Å². The van der Waals surface area contributed by atoms with Gasteiger partial charge in [-0.05, 0) is 86.4 Å². The number of hydrogen-bond donors (Lipinski definition) is 8. The molecule has 0 radical (unpaired) electrons. The highest BCUT2D eigenvalue weighted by Crippen LogP contribution is 2.79. The molecule has 11 unspecified atom stereocenters. The summed E-state index contributed by atoms with van der Waals surface area (Å²) in [4.78, 5) is 0. The van der Waals surface area contributed by atoms with Gasteiger partial charge in [-0.15, -0.1) is 0 Å². The molecule has 0 aromatic rings. The van der Waals surface area contributed by atoms with Crippen molar-refractivity contribution in [1.82, 2.24) is 0 Å². The Hall–Kier alpha value is -0.780. The van der Waals surface area contributed by atoms with Crippen molar-refractivity contribution in [2.75, 3.05) is 19.8 Å². The topological polar surface area (TPSA) is 208 Å². The summed E-state index contributed by atoms with van der Waals surface area (Å²) in [5.41, 5.74) is -1.90. The second-order valence-corrected chi connectivity index (χ2v) is 21.0. The third kappa shape index (κ3) is 5.44. The van der Waals surface area contributed by atoms with Crippen LogP contribution in [0.3, 0.4) is 0 Å². The summed E-state index contributed by atoms with van der Waals surface area (Å²) in [5.74, 6) is 0.449. The number of hydrogen-bond acceptors (Lipinski definition) is 13. The Bertz CT molecular complexity index is 1490. The quantitative estimate of drug-likeness (QED) is 0.143. The van der Waals surface area contributed by atoms with Crippen LogP contribution < -0.4 is 0 Å². The van der Waals surface area contributed by atoms with Gasteiger partial charge in [0.05, 0.1) is 43.7 Å². The standard InChI is InChI=1S/C42H68O13/c1-21-28(46)33(55-34-31(49)30(48)29(47)22(18-43)53-34)32(50)35(52-21)54-27-10-11-37(4)23(38(27,5)19-44)8-12-39(6)24(37)9-13-42-25-16-36(2,3)14-15-41(25,20-51-42)26(45)17-40(39,42)7/h9,13,21-35,43-50H,8,10-12,14-20H2,1-7H3/t21?,22?,23-,24?,25-,26+,27+,28?,29?,30?,31?,32?,33?,34?,35?,37+,38+,39-,40+,41-,42+/m0/s1. The van der Waals surface area contributed by atoms with E-state index in [1.165, 1.54) is 0 Å². The number of aliphatic hydroxyl groups excluding tert-OH is 8. The molecule has 7 fully saturated rings. The van der Waals surface area contributed by atoms with Gasteiger partial charge in [-0.3, -0.25) is 0 Å². The summed E-state index contributed by atoms with van der Waals surface area (Å²) >= 11 is 0. The molecule has 0 aromatic heterocycles. The molecule has 8 aliphatic rings. The molecule has 3 heterocycles. The molecule has 0 amide bonds. The molecule has 55 heavy (non-hydrogen) atoms. The van der Waals surface area contributed by atoms with Gasteiger partial charge >= 0.3 is 0 Å². The lowest BCUT2D eigenvalue weighted by molar-refractivity contribution is -0.367. The van der Waals surface area contributed by atoms with Crippen LogP contribution in [0.4, 0.5) is 0 Å². The van der Waals surface area contributed by atoms with Crippen LogP contribution in [0.5, 0.6) is 0 Å². The van der Waals surface area contributed by atoms with Gasteiger partial charge in [0.15, 0.2) is 12.6 Å². The van der Waals surface area contributed by atoms with Crippen molar-refractivity contribution in [2.24, 2.45) is 50.2 Å². The van der Waals surface area contributed by atoms with E-state index < -0.39 is 91.2 Å². The Kier molecular flexibility index (Phi) is 9.95. The van der Waals surface area contributed by atoms with Gasteiger partial charge in [-0.25, -0.2) is 0 Å². The van der Waals surface area contributed by atoms with E-state index >= 15 is 0 Å². The molecule has 5 aliphatic carbocycles. The molecular formula is C42H68O13. The van der Waals surface area contributed by atoms with Crippen molar-refractivity contribution in [3.05, 3.63) is 12.2 Å². The molecule has 4 saturated carbocycles. The van der Waals surface area contributed by atoms with Crippen LogP contribution in [0.25, 0.3) is 0 Å². The van der Waals surface area contributed by atoms with E-state index in [4.69, 9.17) is 23.7 Å². The first-order chi connectivity index (χ1) is 25.7. The summed E-state index contributed by atoms with van der Waals surface area (Å²) in [7, 11) is 0. The van der Waals surface area contributed by atoms with Gasteiger partial charge in [0.2, 0.25) is 0 Å². The van der Waals surface area contributed by atoms with Crippen molar-refractivity contribution in [3.63, 3.8) is 0 Å². The fourth-order valence-corrected chi connectivity index (χ4v) is 14.3. The van der Waals surface area contributed by atoms with Crippen molar-refractivity contribution in [1.29, 1.82) is 0 Å². The zero-order chi connectivity index (χ0) is 39.9. The molecule has 21 atom stereocenters. The van der Waals surface area contributed by atoms with E-state index in [1.807, 2.05) is 0 Å². The maximum absolute atomic E-state index is 12.1. The highest BCUT2D eigenvalue weighted by Gasteiger charge is 2.79. The zero-order valence-electron chi connectivity index (χ0n) is 33.7. The molecular weight excluding hydrogens is 712 g/mol. The SMILES string of the molecule is CC1OC(O[C@@H]2CC[C@@]3(C)C4C=C[C@@]56OC[C@]7(CCC(C)(C)C[C@@H]75)[C@H](O)C[C@]6(C)[C@@]4(C)CC[C@@H]3[C@@]2(C)CO)C(O)C(OC2OC(CO)C(O)C(O)C2O)C1O. The maximum atomic E-state index is 12.1. The second kappa shape index (κ2) is 13.4. The highest BCUT2D eigenvalue weighted by atomic mass is 16.7. The van der Waals surface area contributed by atoms with Crippen LogP contribution in [0.1, 0.15) is 99.8 Å². The molecule has 3 saturated heterocycles. The minimum atomic E-state index is -1.72. The molecule has 3 aliphatic heterocycles. The van der Waals surface area contributed by atoms with Crippen molar-refractivity contribution >= 4 is 0 Å². The molecule has 314 valence electrons. The monoisotopic (exact) mass is 780 g/mol. The smallest absolute Gasteiger partial charge is 0.187 e. The zero-order valence-corrected chi connectivity index (χ0v) is 33.7. The predicted octanol–water partition coefficient (Wildman–Crippen LogP) is 1.78. The Morgan fingerprint density at radius 2 is 1.44 bits per heavy atom. The molecule has 13 heteroatoms. The average Bonchev–Trinajstić information content (AvgIpc) is 3.41. The Labute approximate surface area is 325 Å². The first-order valence-electron chi connectivity index (χ1n) is 20.9. The molecule has 2 bridgehead atoms.